The van der Waals surface area contributed by atoms with Crippen LogP contribution in [0.2, 0.25) is 0 Å². The topological polar surface area (TPSA) is 20.3 Å². The number of amides is 1. The number of carbonyl (C=O) groups is 1. The quantitative estimate of drug-likeness (QED) is 0.739. The first kappa shape index (κ1) is 11.5. The highest BCUT2D eigenvalue weighted by Gasteiger charge is 2.32. The summed E-state index contributed by atoms with van der Waals surface area (Å²) >= 11 is 0. The number of nitrogens with zero attached hydrogens (tertiary/aromatic N) is 1. The molecule has 94 valence electrons. The fourth-order valence-corrected chi connectivity index (χ4v) is 3.11. The second-order valence-electron chi connectivity index (χ2n) is 5.23. The molecule has 0 saturated carbocycles. The molecule has 2 heteroatoms. The molecule has 0 spiro atoms. The van der Waals surface area contributed by atoms with Crippen LogP contribution in [0.1, 0.15) is 37.7 Å². The Morgan fingerprint density at radius 3 is 2.78 bits per heavy atom. The maximum absolute atomic E-state index is 11.9. The fourth-order valence-electron chi connectivity index (χ4n) is 3.11. The zero-order valence-electron chi connectivity index (χ0n) is 10.6. The maximum Gasteiger partial charge on any atom is 0.223 e. The summed E-state index contributed by atoms with van der Waals surface area (Å²) in [5, 5.41) is 0. The Hall–Kier alpha value is -1.57. The van der Waals surface area contributed by atoms with Crippen molar-refractivity contribution >= 4 is 12.0 Å². The average molecular weight is 241 g/mol. The predicted octanol–water partition coefficient (Wildman–Crippen LogP) is 3.24. The molecule has 2 fully saturated rings. The van der Waals surface area contributed by atoms with Crippen molar-refractivity contribution in [1.82, 2.24) is 4.90 Å². The molecule has 2 aliphatic heterocycles. The normalized spacial score (nSPS) is 26.2. The van der Waals surface area contributed by atoms with Gasteiger partial charge in [-0.3, -0.25) is 4.79 Å². The molecule has 1 aromatic carbocycles. The fraction of sp³-hybridized carbons (Fsp3) is 0.438. The van der Waals surface area contributed by atoms with E-state index >= 15 is 0 Å². The van der Waals surface area contributed by atoms with Crippen LogP contribution in [0.25, 0.3) is 6.08 Å². The van der Waals surface area contributed by atoms with Crippen LogP contribution in [0.15, 0.2) is 35.9 Å². The van der Waals surface area contributed by atoms with Crippen LogP contribution in [0.3, 0.4) is 0 Å². The van der Waals surface area contributed by atoms with Gasteiger partial charge in [-0.05, 0) is 36.8 Å². The van der Waals surface area contributed by atoms with Crippen LogP contribution in [0, 0.1) is 0 Å². The Bertz CT molecular complexity index is 463. The number of carbonyl (C=O) groups excluding carboxylic acids is 1. The van der Waals surface area contributed by atoms with E-state index in [1.165, 1.54) is 24.0 Å². The van der Waals surface area contributed by atoms with Gasteiger partial charge >= 0.3 is 0 Å². The van der Waals surface area contributed by atoms with Crippen LogP contribution in [0.5, 0.6) is 0 Å². The molecule has 18 heavy (non-hydrogen) atoms. The first-order chi connectivity index (χ1) is 8.84. The predicted molar refractivity (Wildman–Crippen MR) is 73.0 cm³/mol. The van der Waals surface area contributed by atoms with Crippen LogP contribution in [0.4, 0.5) is 0 Å². The summed E-state index contributed by atoms with van der Waals surface area (Å²) in [6, 6.07) is 10.8. The molecule has 0 bridgehead atoms. The molecule has 3 rings (SSSR count). The van der Waals surface area contributed by atoms with E-state index in [1.807, 2.05) is 6.07 Å². The van der Waals surface area contributed by atoms with Crippen molar-refractivity contribution in [3.05, 3.63) is 41.5 Å². The van der Waals surface area contributed by atoms with Crippen LogP contribution < -0.4 is 0 Å². The van der Waals surface area contributed by atoms with E-state index in [2.05, 4.69) is 35.2 Å². The monoisotopic (exact) mass is 241 g/mol. The molecule has 2 heterocycles. The molecule has 0 radical (unpaired) electrons. The van der Waals surface area contributed by atoms with Crippen molar-refractivity contribution in [3.63, 3.8) is 0 Å². The average Bonchev–Trinajstić information content (AvgIpc) is 2.44. The van der Waals surface area contributed by atoms with Gasteiger partial charge < -0.3 is 4.90 Å². The van der Waals surface area contributed by atoms with Crippen LogP contribution >= 0.6 is 0 Å². The summed E-state index contributed by atoms with van der Waals surface area (Å²) in [6.07, 6.45) is 7.48. The summed E-state index contributed by atoms with van der Waals surface area (Å²) in [4.78, 5) is 14.0. The van der Waals surface area contributed by atoms with E-state index in [0.29, 0.717) is 18.4 Å². The van der Waals surface area contributed by atoms with E-state index in [-0.39, 0.29) is 0 Å². The van der Waals surface area contributed by atoms with Crippen LogP contribution in [-0.2, 0) is 4.79 Å². The number of hydrogen-bond donors (Lipinski definition) is 0. The standard InChI is InChI=1S/C16H19NO/c18-16-10-9-14(12-13-6-2-1-3-7-13)15-8-4-5-11-17(15)16/h1-3,6-7,12,15H,4-5,8-11H2. The molecular formula is C16H19NO. The van der Waals surface area contributed by atoms with Crippen molar-refractivity contribution in [2.75, 3.05) is 6.54 Å². The summed E-state index contributed by atoms with van der Waals surface area (Å²) in [5.41, 5.74) is 2.70. The number of piperidine rings is 2. The molecule has 1 atom stereocenters. The van der Waals surface area contributed by atoms with Gasteiger partial charge in [0.05, 0.1) is 6.04 Å². The van der Waals surface area contributed by atoms with Gasteiger partial charge in [0.25, 0.3) is 0 Å². The lowest BCUT2D eigenvalue weighted by molar-refractivity contribution is -0.135. The van der Waals surface area contributed by atoms with Crippen molar-refractivity contribution in [3.8, 4) is 0 Å². The Labute approximate surface area is 108 Å². The van der Waals surface area contributed by atoms with E-state index in [0.717, 1.165) is 19.4 Å². The molecule has 0 aromatic heterocycles. The Kier molecular flexibility index (Phi) is 3.18. The third-order valence-corrected chi connectivity index (χ3v) is 4.03. The number of rotatable bonds is 1. The Morgan fingerprint density at radius 1 is 1.11 bits per heavy atom. The summed E-state index contributed by atoms with van der Waals surface area (Å²) in [6.45, 7) is 0.954. The highest BCUT2D eigenvalue weighted by Crippen LogP contribution is 2.32. The first-order valence-corrected chi connectivity index (χ1v) is 6.89. The van der Waals surface area contributed by atoms with Crippen molar-refractivity contribution in [1.29, 1.82) is 0 Å². The number of fused-ring (bicyclic) bond motifs is 1. The minimum absolute atomic E-state index is 0.352. The second kappa shape index (κ2) is 4.97. The van der Waals surface area contributed by atoms with E-state index in [1.54, 1.807) is 0 Å². The highest BCUT2D eigenvalue weighted by molar-refractivity contribution is 5.79. The van der Waals surface area contributed by atoms with Gasteiger partial charge in [-0.2, -0.15) is 0 Å². The van der Waals surface area contributed by atoms with E-state index in [9.17, 15) is 4.79 Å². The lowest BCUT2D eigenvalue weighted by Crippen LogP contribution is -2.47. The first-order valence-electron chi connectivity index (χ1n) is 6.89. The molecule has 1 aromatic rings. The summed E-state index contributed by atoms with van der Waals surface area (Å²) in [5.74, 6) is 0.352. The number of benzene rings is 1. The molecular weight excluding hydrogens is 222 g/mol. The van der Waals surface area contributed by atoms with E-state index < -0.39 is 0 Å². The molecule has 2 saturated heterocycles. The van der Waals surface area contributed by atoms with Gasteiger partial charge in [0, 0.05) is 13.0 Å². The molecule has 1 unspecified atom stereocenters. The third-order valence-electron chi connectivity index (χ3n) is 4.03. The Balaban J connectivity index is 1.87. The summed E-state index contributed by atoms with van der Waals surface area (Å²) < 4.78 is 0. The van der Waals surface area contributed by atoms with Gasteiger partial charge in [-0.25, -0.2) is 0 Å². The smallest absolute Gasteiger partial charge is 0.223 e. The highest BCUT2D eigenvalue weighted by atomic mass is 16.2. The molecule has 2 nitrogen and oxygen atoms in total. The Morgan fingerprint density at radius 2 is 1.94 bits per heavy atom. The minimum Gasteiger partial charge on any atom is -0.336 e. The second-order valence-corrected chi connectivity index (χ2v) is 5.23. The van der Waals surface area contributed by atoms with Crippen molar-refractivity contribution < 1.29 is 4.79 Å². The number of hydrogen-bond acceptors (Lipinski definition) is 1. The minimum atomic E-state index is 0.352. The summed E-state index contributed by atoms with van der Waals surface area (Å²) in [7, 11) is 0. The van der Waals surface area contributed by atoms with E-state index in [4.69, 9.17) is 0 Å². The molecule has 0 aliphatic carbocycles. The SMILES string of the molecule is O=C1CCC(=Cc2ccccc2)C2CCCCN12. The zero-order valence-corrected chi connectivity index (χ0v) is 10.6. The molecule has 2 aliphatic rings. The van der Waals surface area contributed by atoms with Crippen LogP contribution in [-0.4, -0.2) is 23.4 Å². The molecule has 0 N–H and O–H groups in total. The molecule has 1 amide bonds. The largest absolute Gasteiger partial charge is 0.336 e. The zero-order chi connectivity index (χ0) is 12.4. The lowest BCUT2D eigenvalue weighted by atomic mass is 9.87. The maximum atomic E-state index is 11.9. The lowest BCUT2D eigenvalue weighted by Gasteiger charge is -2.41. The van der Waals surface area contributed by atoms with Crippen molar-refractivity contribution in [2.45, 2.75) is 38.1 Å². The van der Waals surface area contributed by atoms with Gasteiger partial charge in [0.2, 0.25) is 5.91 Å². The van der Waals surface area contributed by atoms with Crippen molar-refractivity contribution in [2.24, 2.45) is 0 Å². The third kappa shape index (κ3) is 2.20. The van der Waals surface area contributed by atoms with Gasteiger partial charge in [-0.1, -0.05) is 36.4 Å². The van der Waals surface area contributed by atoms with Gasteiger partial charge in [-0.15, -0.1) is 0 Å². The van der Waals surface area contributed by atoms with Gasteiger partial charge in [0.15, 0.2) is 0 Å². The van der Waals surface area contributed by atoms with Gasteiger partial charge in [0.1, 0.15) is 0 Å².